The molecule has 216 valence electrons. The van der Waals surface area contributed by atoms with Gasteiger partial charge < -0.3 is 14.2 Å². The summed E-state index contributed by atoms with van der Waals surface area (Å²) in [5, 5.41) is 0.974. The van der Waals surface area contributed by atoms with E-state index in [4.69, 9.17) is 37.4 Å². The van der Waals surface area contributed by atoms with Gasteiger partial charge in [-0.05, 0) is 67.8 Å². The van der Waals surface area contributed by atoms with E-state index in [1.165, 1.54) is 18.4 Å². The number of carbonyl (C=O) groups is 1. The number of aromatic nitrogens is 1. The van der Waals surface area contributed by atoms with Gasteiger partial charge in [0, 0.05) is 5.02 Å². The molecular formula is C32H28Cl2N2O5S. The number of esters is 1. The van der Waals surface area contributed by atoms with Crippen molar-refractivity contribution in [1.82, 2.24) is 4.57 Å². The molecule has 0 radical (unpaired) electrons. The highest BCUT2D eigenvalue weighted by molar-refractivity contribution is 7.07. The molecule has 1 aliphatic heterocycles. The zero-order valence-electron chi connectivity index (χ0n) is 23.4. The summed E-state index contributed by atoms with van der Waals surface area (Å²) in [4.78, 5) is 32.1. The average Bonchev–Trinajstić information content (AvgIpc) is 3.26. The molecule has 1 aliphatic rings. The highest BCUT2D eigenvalue weighted by Gasteiger charge is 2.33. The summed E-state index contributed by atoms with van der Waals surface area (Å²) in [5.41, 5.74) is 3.99. The van der Waals surface area contributed by atoms with Crippen LogP contribution >= 0.6 is 34.5 Å². The quantitative estimate of drug-likeness (QED) is 0.225. The minimum Gasteiger partial charge on any atom is -0.493 e. The maximum Gasteiger partial charge on any atom is 0.338 e. The molecule has 42 heavy (non-hydrogen) atoms. The predicted octanol–water partition coefficient (Wildman–Crippen LogP) is 6.00. The number of nitrogens with zero attached hydrogens (tertiary/aromatic N) is 2. The van der Waals surface area contributed by atoms with E-state index in [9.17, 15) is 9.59 Å². The second-order valence-corrected chi connectivity index (χ2v) is 11.5. The molecule has 1 atom stereocenters. The van der Waals surface area contributed by atoms with Gasteiger partial charge in [0.15, 0.2) is 16.3 Å². The molecule has 2 heterocycles. The molecule has 0 saturated heterocycles. The van der Waals surface area contributed by atoms with Crippen molar-refractivity contribution in [3.63, 3.8) is 0 Å². The van der Waals surface area contributed by atoms with Crippen molar-refractivity contribution in [1.29, 1.82) is 0 Å². The Labute approximate surface area is 256 Å². The summed E-state index contributed by atoms with van der Waals surface area (Å²) < 4.78 is 18.9. The van der Waals surface area contributed by atoms with Gasteiger partial charge in [-0.1, -0.05) is 76.5 Å². The number of rotatable bonds is 8. The van der Waals surface area contributed by atoms with Gasteiger partial charge in [0.25, 0.3) is 5.56 Å². The van der Waals surface area contributed by atoms with Crippen molar-refractivity contribution in [3.8, 4) is 11.5 Å². The van der Waals surface area contributed by atoms with Crippen molar-refractivity contribution in [2.24, 2.45) is 4.99 Å². The molecule has 0 N–H and O–H groups in total. The Morgan fingerprint density at radius 2 is 1.79 bits per heavy atom. The first-order valence-electron chi connectivity index (χ1n) is 13.2. The SMILES string of the molecule is CCOC(=O)C1=C(C)N=c2s/c(=C/c3cc(Cl)c(OCc4ccc(Cl)cc4)c(OC)c3)c(=O)n2[C@H]1c1ccc(C)cc1. The van der Waals surface area contributed by atoms with Crippen molar-refractivity contribution < 1.29 is 19.0 Å². The standard InChI is InChI=1S/C32H28Cl2N2O5S/c1-5-40-31(38)27-19(3)35-32-36(28(27)22-10-6-18(2)7-11-22)30(37)26(42-32)16-21-14-24(34)29(25(15-21)39-4)41-17-20-8-12-23(33)13-9-20/h6-16,28H,5,17H2,1-4H3/b26-16+/t28-/m0/s1. The lowest BCUT2D eigenvalue weighted by Gasteiger charge is -2.24. The van der Waals surface area contributed by atoms with Crippen LogP contribution in [-0.4, -0.2) is 24.3 Å². The predicted molar refractivity (Wildman–Crippen MR) is 165 cm³/mol. The first-order valence-corrected chi connectivity index (χ1v) is 14.8. The Hall–Kier alpha value is -3.85. The normalized spacial score (nSPS) is 14.8. The van der Waals surface area contributed by atoms with Gasteiger partial charge in [-0.3, -0.25) is 9.36 Å². The molecule has 4 aromatic rings. The molecule has 0 amide bonds. The minimum atomic E-state index is -0.676. The fraction of sp³-hybridized carbons (Fsp3) is 0.219. The van der Waals surface area contributed by atoms with Gasteiger partial charge in [-0.15, -0.1) is 0 Å². The number of hydrogen-bond acceptors (Lipinski definition) is 7. The van der Waals surface area contributed by atoms with E-state index in [2.05, 4.69) is 4.99 Å². The topological polar surface area (TPSA) is 79.1 Å². The maximum atomic E-state index is 13.9. The van der Waals surface area contributed by atoms with E-state index in [1.807, 2.05) is 43.3 Å². The lowest BCUT2D eigenvalue weighted by molar-refractivity contribution is -0.139. The number of aryl methyl sites for hydroxylation is 1. The van der Waals surface area contributed by atoms with Crippen LogP contribution in [-0.2, 0) is 16.1 Å². The van der Waals surface area contributed by atoms with Gasteiger partial charge in [-0.2, -0.15) is 0 Å². The van der Waals surface area contributed by atoms with E-state index in [0.717, 1.165) is 16.7 Å². The third-order valence-corrected chi connectivity index (χ3v) is 8.27. The van der Waals surface area contributed by atoms with Gasteiger partial charge >= 0.3 is 5.97 Å². The third kappa shape index (κ3) is 6.02. The van der Waals surface area contributed by atoms with E-state index in [-0.39, 0.29) is 18.8 Å². The highest BCUT2D eigenvalue weighted by Crippen LogP contribution is 2.37. The Morgan fingerprint density at radius 3 is 2.45 bits per heavy atom. The van der Waals surface area contributed by atoms with Crippen molar-refractivity contribution in [2.75, 3.05) is 13.7 Å². The summed E-state index contributed by atoms with van der Waals surface area (Å²) >= 11 is 13.8. The van der Waals surface area contributed by atoms with Crippen LogP contribution in [0.1, 0.15) is 42.1 Å². The molecule has 5 rings (SSSR count). The zero-order chi connectivity index (χ0) is 30.0. The molecule has 0 saturated carbocycles. The lowest BCUT2D eigenvalue weighted by atomic mass is 9.95. The fourth-order valence-corrected chi connectivity index (χ4v) is 6.15. The number of allylic oxidation sites excluding steroid dienone is 1. The first kappa shape index (κ1) is 29.6. The van der Waals surface area contributed by atoms with Crippen molar-refractivity contribution in [3.05, 3.63) is 124 Å². The minimum absolute atomic E-state index is 0.211. The number of benzene rings is 3. The number of hydrogen-bond donors (Lipinski definition) is 0. The van der Waals surface area contributed by atoms with Crippen molar-refractivity contribution >= 4 is 46.6 Å². The molecule has 0 bridgehead atoms. The molecule has 10 heteroatoms. The van der Waals surface area contributed by atoms with Crippen LogP contribution in [0.3, 0.4) is 0 Å². The van der Waals surface area contributed by atoms with E-state index >= 15 is 0 Å². The third-order valence-electron chi connectivity index (χ3n) is 6.76. The Kier molecular flexibility index (Phi) is 8.87. The van der Waals surface area contributed by atoms with Crippen LogP contribution in [0.4, 0.5) is 0 Å². The molecule has 0 fully saturated rings. The summed E-state index contributed by atoms with van der Waals surface area (Å²) in [6.45, 7) is 5.97. The monoisotopic (exact) mass is 622 g/mol. The van der Waals surface area contributed by atoms with Crippen LogP contribution in [0, 0.1) is 6.92 Å². The second-order valence-electron chi connectivity index (χ2n) is 9.66. The maximum absolute atomic E-state index is 13.9. The van der Waals surface area contributed by atoms with E-state index in [1.54, 1.807) is 48.8 Å². The summed E-state index contributed by atoms with van der Waals surface area (Å²) in [6, 6.07) is 17.9. The fourth-order valence-electron chi connectivity index (χ4n) is 4.71. The Bertz CT molecular complexity index is 1860. The zero-order valence-corrected chi connectivity index (χ0v) is 25.8. The molecule has 0 unspecified atom stereocenters. The van der Waals surface area contributed by atoms with Gasteiger partial charge in [0.2, 0.25) is 0 Å². The Balaban J connectivity index is 1.56. The second kappa shape index (κ2) is 12.6. The number of methoxy groups -OCH3 is 1. The van der Waals surface area contributed by atoms with E-state index in [0.29, 0.717) is 47.7 Å². The molecule has 0 aliphatic carbocycles. The van der Waals surface area contributed by atoms with E-state index < -0.39 is 12.0 Å². The summed E-state index contributed by atoms with van der Waals surface area (Å²) in [6.07, 6.45) is 1.73. The molecular weight excluding hydrogens is 595 g/mol. The Morgan fingerprint density at radius 1 is 1.07 bits per heavy atom. The van der Waals surface area contributed by atoms with Gasteiger partial charge in [-0.25, -0.2) is 9.79 Å². The molecule has 1 aromatic heterocycles. The number of thiazole rings is 1. The summed E-state index contributed by atoms with van der Waals surface area (Å²) in [7, 11) is 1.53. The molecule has 3 aromatic carbocycles. The summed E-state index contributed by atoms with van der Waals surface area (Å²) in [5.74, 6) is 0.319. The molecule has 7 nitrogen and oxygen atoms in total. The largest absolute Gasteiger partial charge is 0.493 e. The van der Waals surface area contributed by atoms with Crippen LogP contribution < -0.4 is 24.4 Å². The lowest BCUT2D eigenvalue weighted by Crippen LogP contribution is -2.39. The van der Waals surface area contributed by atoms with Crippen LogP contribution in [0.15, 0.2) is 81.7 Å². The number of fused-ring (bicyclic) bond motifs is 1. The smallest absolute Gasteiger partial charge is 0.338 e. The van der Waals surface area contributed by atoms with Crippen molar-refractivity contribution in [2.45, 2.75) is 33.4 Å². The van der Waals surface area contributed by atoms with Crippen LogP contribution in [0.2, 0.25) is 10.0 Å². The average molecular weight is 624 g/mol. The number of ether oxygens (including phenoxy) is 3. The first-order chi connectivity index (χ1) is 20.2. The number of halogens is 2. The number of carbonyl (C=O) groups excluding carboxylic acids is 1. The molecule has 0 spiro atoms. The van der Waals surface area contributed by atoms with Crippen LogP contribution in [0.25, 0.3) is 6.08 Å². The van der Waals surface area contributed by atoms with Crippen LogP contribution in [0.5, 0.6) is 11.5 Å². The van der Waals surface area contributed by atoms with Gasteiger partial charge in [0.1, 0.15) is 6.61 Å². The highest BCUT2D eigenvalue weighted by atomic mass is 35.5. The van der Waals surface area contributed by atoms with Gasteiger partial charge in [0.05, 0.1) is 40.6 Å².